The van der Waals surface area contributed by atoms with Gasteiger partial charge in [-0.3, -0.25) is 13.9 Å². The van der Waals surface area contributed by atoms with E-state index < -0.39 is 28.5 Å². The molecule has 2 amide bonds. The van der Waals surface area contributed by atoms with E-state index in [1.54, 1.807) is 19.1 Å². The molecule has 214 valence electrons. The Morgan fingerprint density at radius 2 is 1.52 bits per heavy atom. The number of carbonyl (C=O) groups excluding carboxylic acids is 2. The minimum absolute atomic E-state index is 0.00979. The van der Waals surface area contributed by atoms with Gasteiger partial charge in [-0.1, -0.05) is 54.4 Å². The minimum atomic E-state index is -4.15. The maximum atomic E-state index is 14.0. The Morgan fingerprint density at radius 1 is 0.900 bits per heavy atom. The molecule has 7 nitrogen and oxygen atoms in total. The van der Waals surface area contributed by atoms with Crippen LogP contribution in [0.15, 0.2) is 71.6 Å². The average molecular weight is 584 g/mol. The Balaban J connectivity index is 2.04. The van der Waals surface area contributed by atoms with Gasteiger partial charge in [0.2, 0.25) is 11.8 Å². The molecule has 0 aliphatic carbocycles. The van der Waals surface area contributed by atoms with Crippen molar-refractivity contribution in [3.05, 3.63) is 94.0 Å². The van der Waals surface area contributed by atoms with E-state index >= 15 is 0 Å². The molecule has 1 N–H and O–H groups in total. The fourth-order valence-electron chi connectivity index (χ4n) is 4.08. The number of nitrogens with one attached hydrogen (secondary N) is 1. The first-order valence-electron chi connectivity index (χ1n) is 13.3. The van der Waals surface area contributed by atoms with E-state index in [4.69, 9.17) is 11.6 Å². The Morgan fingerprint density at radius 3 is 2.10 bits per heavy atom. The van der Waals surface area contributed by atoms with Gasteiger partial charge in [-0.15, -0.1) is 0 Å². The first kappa shape index (κ1) is 31.2. The van der Waals surface area contributed by atoms with Crippen LogP contribution in [-0.2, 0) is 26.2 Å². The summed E-state index contributed by atoms with van der Waals surface area (Å²) in [6.45, 7) is 11.0. The van der Waals surface area contributed by atoms with Crippen LogP contribution in [0.2, 0.25) is 5.02 Å². The largest absolute Gasteiger partial charge is 0.352 e. The predicted octanol–water partition coefficient (Wildman–Crippen LogP) is 5.79. The maximum absolute atomic E-state index is 14.0. The Hall–Kier alpha value is -3.36. The van der Waals surface area contributed by atoms with Crippen LogP contribution in [0.4, 0.5) is 5.69 Å². The highest BCUT2D eigenvalue weighted by Crippen LogP contribution is 2.27. The first-order chi connectivity index (χ1) is 18.8. The molecule has 0 aliphatic heterocycles. The summed E-state index contributed by atoms with van der Waals surface area (Å²) in [6, 6.07) is 17.9. The molecule has 0 spiro atoms. The van der Waals surface area contributed by atoms with Gasteiger partial charge in [-0.05, 0) is 94.1 Å². The second-order valence-corrected chi connectivity index (χ2v) is 12.5. The molecule has 0 saturated heterocycles. The molecule has 0 radical (unpaired) electrons. The van der Waals surface area contributed by atoms with Gasteiger partial charge in [-0.2, -0.15) is 0 Å². The molecule has 40 heavy (non-hydrogen) atoms. The van der Waals surface area contributed by atoms with E-state index in [0.717, 1.165) is 33.0 Å². The van der Waals surface area contributed by atoms with Crippen molar-refractivity contribution < 1.29 is 18.0 Å². The molecule has 0 saturated carbocycles. The summed E-state index contributed by atoms with van der Waals surface area (Å²) < 4.78 is 28.9. The number of anilines is 1. The summed E-state index contributed by atoms with van der Waals surface area (Å²) in [5.74, 6) is -0.795. The number of aryl methyl sites for hydroxylation is 3. The zero-order valence-electron chi connectivity index (χ0n) is 23.9. The fraction of sp³-hybridized carbons (Fsp3) is 0.355. The van der Waals surface area contributed by atoms with Crippen molar-refractivity contribution in [1.82, 2.24) is 10.2 Å². The summed E-state index contributed by atoms with van der Waals surface area (Å²) in [5, 5.41) is 3.34. The van der Waals surface area contributed by atoms with Crippen LogP contribution in [0.3, 0.4) is 0 Å². The van der Waals surface area contributed by atoms with E-state index in [1.807, 2.05) is 65.0 Å². The number of hydrogen-bond donors (Lipinski definition) is 1. The van der Waals surface area contributed by atoms with Crippen LogP contribution in [-0.4, -0.2) is 43.8 Å². The Bertz CT molecular complexity index is 1440. The van der Waals surface area contributed by atoms with Gasteiger partial charge in [0.1, 0.15) is 12.6 Å². The summed E-state index contributed by atoms with van der Waals surface area (Å²) in [7, 11) is -4.15. The Kier molecular flexibility index (Phi) is 10.4. The SMILES string of the molecule is CC[C@H](C)NC(=O)[C@@H](C)N(Cc1ccc(C)cc1)C(=O)CN(c1ccc(C)c(C)c1)S(=O)(=O)c1ccc(Cl)cc1. The monoisotopic (exact) mass is 583 g/mol. The van der Waals surface area contributed by atoms with E-state index in [9.17, 15) is 18.0 Å². The van der Waals surface area contributed by atoms with E-state index in [1.165, 1.54) is 29.2 Å². The van der Waals surface area contributed by atoms with Gasteiger partial charge >= 0.3 is 0 Å². The molecule has 0 bridgehead atoms. The van der Waals surface area contributed by atoms with Crippen LogP contribution in [0.25, 0.3) is 0 Å². The van der Waals surface area contributed by atoms with Crippen molar-refractivity contribution in [1.29, 1.82) is 0 Å². The van der Waals surface area contributed by atoms with Crippen molar-refractivity contribution in [2.24, 2.45) is 0 Å². The number of carbonyl (C=O) groups is 2. The summed E-state index contributed by atoms with van der Waals surface area (Å²) in [5.41, 5.74) is 4.15. The van der Waals surface area contributed by atoms with E-state index in [-0.39, 0.29) is 23.4 Å². The van der Waals surface area contributed by atoms with Crippen LogP contribution in [0, 0.1) is 20.8 Å². The van der Waals surface area contributed by atoms with Crippen LogP contribution in [0.1, 0.15) is 49.4 Å². The highest BCUT2D eigenvalue weighted by atomic mass is 35.5. The van der Waals surface area contributed by atoms with Gasteiger partial charge in [0.25, 0.3) is 10.0 Å². The van der Waals surface area contributed by atoms with Gasteiger partial charge in [0.05, 0.1) is 10.6 Å². The molecular weight excluding hydrogens is 546 g/mol. The minimum Gasteiger partial charge on any atom is -0.352 e. The number of nitrogens with zero attached hydrogens (tertiary/aromatic N) is 2. The lowest BCUT2D eigenvalue weighted by atomic mass is 10.1. The van der Waals surface area contributed by atoms with E-state index in [0.29, 0.717) is 10.7 Å². The topological polar surface area (TPSA) is 86.8 Å². The van der Waals surface area contributed by atoms with Gasteiger partial charge in [-0.25, -0.2) is 8.42 Å². The lowest BCUT2D eigenvalue weighted by molar-refractivity contribution is -0.139. The third-order valence-electron chi connectivity index (χ3n) is 7.10. The number of benzene rings is 3. The molecule has 3 aromatic carbocycles. The number of halogens is 1. The Labute approximate surface area is 243 Å². The summed E-state index contributed by atoms with van der Waals surface area (Å²) in [4.78, 5) is 28.6. The number of rotatable bonds is 11. The molecule has 9 heteroatoms. The van der Waals surface area contributed by atoms with Gasteiger partial charge in [0.15, 0.2) is 0 Å². The average Bonchev–Trinajstić information content (AvgIpc) is 2.92. The van der Waals surface area contributed by atoms with Gasteiger partial charge < -0.3 is 10.2 Å². The zero-order valence-corrected chi connectivity index (χ0v) is 25.5. The number of sulfonamides is 1. The normalized spacial score (nSPS) is 12.9. The molecule has 0 heterocycles. The van der Waals surface area contributed by atoms with Gasteiger partial charge in [0, 0.05) is 17.6 Å². The van der Waals surface area contributed by atoms with Crippen molar-refractivity contribution >= 4 is 39.1 Å². The lowest BCUT2D eigenvalue weighted by Gasteiger charge is -2.32. The second kappa shape index (κ2) is 13.3. The second-order valence-electron chi connectivity index (χ2n) is 10.2. The van der Waals surface area contributed by atoms with Crippen LogP contribution in [0.5, 0.6) is 0 Å². The number of hydrogen-bond acceptors (Lipinski definition) is 4. The predicted molar refractivity (Wildman–Crippen MR) is 161 cm³/mol. The molecule has 2 atom stereocenters. The van der Waals surface area contributed by atoms with Crippen LogP contribution >= 0.6 is 11.6 Å². The van der Waals surface area contributed by atoms with Crippen molar-refractivity contribution in [2.45, 2.75) is 71.5 Å². The highest BCUT2D eigenvalue weighted by Gasteiger charge is 2.33. The molecule has 0 fully saturated rings. The lowest BCUT2D eigenvalue weighted by Crippen LogP contribution is -2.52. The molecule has 0 unspecified atom stereocenters. The van der Waals surface area contributed by atoms with Crippen molar-refractivity contribution in [3.8, 4) is 0 Å². The third-order valence-corrected chi connectivity index (χ3v) is 9.14. The first-order valence-corrected chi connectivity index (χ1v) is 15.2. The van der Waals surface area contributed by atoms with Crippen molar-refractivity contribution in [2.75, 3.05) is 10.8 Å². The molecule has 0 aliphatic rings. The molecule has 0 aromatic heterocycles. The standard InChI is InChI=1S/C31H38ClN3O4S/c1-7-24(5)33-31(37)25(6)34(19-26-11-8-21(2)9-12-26)30(36)20-35(28-15-10-22(3)23(4)18-28)40(38,39)29-16-13-27(32)14-17-29/h8-18,24-25H,7,19-20H2,1-6H3,(H,33,37)/t24-,25+/m0/s1. The molecule has 3 rings (SSSR count). The van der Waals surface area contributed by atoms with Crippen molar-refractivity contribution in [3.63, 3.8) is 0 Å². The van der Waals surface area contributed by atoms with Crippen LogP contribution < -0.4 is 9.62 Å². The zero-order chi connectivity index (χ0) is 29.6. The quantitative estimate of drug-likeness (QED) is 0.309. The third kappa shape index (κ3) is 7.64. The molecular formula is C31H38ClN3O4S. The van der Waals surface area contributed by atoms with E-state index in [2.05, 4.69) is 5.32 Å². The molecule has 3 aromatic rings. The summed E-state index contributed by atoms with van der Waals surface area (Å²) >= 11 is 6.01. The summed E-state index contributed by atoms with van der Waals surface area (Å²) in [6.07, 6.45) is 0.740. The fourth-order valence-corrected chi connectivity index (χ4v) is 5.61. The highest BCUT2D eigenvalue weighted by molar-refractivity contribution is 7.92. The maximum Gasteiger partial charge on any atom is 0.264 e. The smallest absolute Gasteiger partial charge is 0.264 e. The number of amides is 2.